The van der Waals surface area contributed by atoms with Crippen molar-refractivity contribution < 1.29 is 17.9 Å². The largest absolute Gasteiger partial charge is 0.497 e. The van der Waals surface area contributed by atoms with Crippen molar-refractivity contribution >= 4 is 15.9 Å². The highest BCUT2D eigenvalue weighted by molar-refractivity contribution is 7.89. The molecule has 0 aliphatic carbocycles. The first kappa shape index (κ1) is 22.3. The van der Waals surface area contributed by atoms with Gasteiger partial charge in [-0.05, 0) is 73.6 Å². The number of methoxy groups -OCH3 is 1. The number of ether oxygens (including phenoxy) is 1. The van der Waals surface area contributed by atoms with Crippen LogP contribution in [0.15, 0.2) is 41.3 Å². The lowest BCUT2D eigenvalue weighted by atomic mass is 10.0. The van der Waals surface area contributed by atoms with Crippen LogP contribution in [-0.4, -0.2) is 38.8 Å². The molecule has 1 heterocycles. The monoisotopic (exact) mass is 430 g/mol. The summed E-state index contributed by atoms with van der Waals surface area (Å²) in [6, 6.07) is 10.7. The highest BCUT2D eigenvalue weighted by Gasteiger charge is 2.30. The maximum atomic E-state index is 13.3. The molecule has 0 aromatic heterocycles. The van der Waals surface area contributed by atoms with Crippen LogP contribution in [0.25, 0.3) is 0 Å². The van der Waals surface area contributed by atoms with E-state index in [2.05, 4.69) is 12.2 Å². The van der Waals surface area contributed by atoms with Crippen LogP contribution in [0.1, 0.15) is 46.8 Å². The summed E-state index contributed by atoms with van der Waals surface area (Å²) >= 11 is 0. The molecule has 1 N–H and O–H groups in total. The fourth-order valence-corrected chi connectivity index (χ4v) is 5.45. The van der Waals surface area contributed by atoms with Crippen LogP contribution >= 0.6 is 0 Å². The fourth-order valence-electron chi connectivity index (χ4n) is 3.66. The van der Waals surface area contributed by atoms with Crippen molar-refractivity contribution in [2.24, 2.45) is 5.92 Å². The van der Waals surface area contributed by atoms with Crippen molar-refractivity contribution in [2.45, 2.75) is 45.1 Å². The Hall–Kier alpha value is -2.38. The summed E-state index contributed by atoms with van der Waals surface area (Å²) in [6.45, 7) is 7.16. The van der Waals surface area contributed by atoms with Crippen molar-refractivity contribution in [2.75, 3.05) is 20.2 Å². The molecule has 6 nitrogen and oxygen atoms in total. The molecule has 2 aromatic carbocycles. The van der Waals surface area contributed by atoms with Gasteiger partial charge < -0.3 is 10.1 Å². The molecule has 0 spiro atoms. The Kier molecular flexibility index (Phi) is 6.83. The molecular formula is C23H30N2O4S. The third-order valence-electron chi connectivity index (χ3n) is 5.83. The maximum absolute atomic E-state index is 13.3. The molecule has 0 bridgehead atoms. The first-order valence-corrected chi connectivity index (χ1v) is 11.7. The van der Waals surface area contributed by atoms with Crippen molar-refractivity contribution in [3.05, 3.63) is 58.7 Å². The zero-order valence-corrected chi connectivity index (χ0v) is 18.9. The lowest BCUT2D eigenvalue weighted by molar-refractivity contribution is 0.0950. The van der Waals surface area contributed by atoms with E-state index in [0.717, 1.165) is 29.7 Å². The van der Waals surface area contributed by atoms with Gasteiger partial charge in [0.05, 0.1) is 12.0 Å². The van der Waals surface area contributed by atoms with Gasteiger partial charge >= 0.3 is 0 Å². The molecule has 1 amide bonds. The molecule has 0 atom stereocenters. The number of carbonyl (C=O) groups is 1. The number of hydrogen-bond acceptors (Lipinski definition) is 4. The Bertz CT molecular complexity index is 1030. The van der Waals surface area contributed by atoms with E-state index < -0.39 is 10.0 Å². The van der Waals surface area contributed by atoms with E-state index in [4.69, 9.17) is 4.74 Å². The maximum Gasteiger partial charge on any atom is 0.251 e. The molecule has 1 saturated heterocycles. The zero-order chi connectivity index (χ0) is 21.9. The molecule has 1 fully saturated rings. The average Bonchev–Trinajstić information content (AvgIpc) is 2.74. The SMILES string of the molecule is COc1cccc(CNC(=O)c2cc(C)c(C)c(S(=O)(=O)N3CCC(C)CC3)c2)c1. The number of hydrogen-bond donors (Lipinski definition) is 1. The van der Waals surface area contributed by atoms with Crippen molar-refractivity contribution in [3.8, 4) is 5.75 Å². The number of carbonyl (C=O) groups excluding carboxylic acids is 1. The van der Waals surface area contributed by atoms with Crippen molar-refractivity contribution in [1.29, 1.82) is 0 Å². The predicted molar refractivity (Wildman–Crippen MR) is 117 cm³/mol. The van der Waals surface area contributed by atoms with Gasteiger partial charge in [-0.15, -0.1) is 0 Å². The third kappa shape index (κ3) is 4.84. The summed E-state index contributed by atoms with van der Waals surface area (Å²) in [4.78, 5) is 13.0. The van der Waals surface area contributed by atoms with E-state index in [0.29, 0.717) is 36.7 Å². The number of piperidine rings is 1. The van der Waals surface area contributed by atoms with Crippen LogP contribution < -0.4 is 10.1 Å². The van der Waals surface area contributed by atoms with Gasteiger partial charge in [0, 0.05) is 25.2 Å². The highest BCUT2D eigenvalue weighted by atomic mass is 32.2. The second-order valence-corrected chi connectivity index (χ2v) is 9.94. The van der Waals surface area contributed by atoms with E-state index in [1.165, 1.54) is 6.07 Å². The van der Waals surface area contributed by atoms with Crippen LogP contribution in [-0.2, 0) is 16.6 Å². The fraction of sp³-hybridized carbons (Fsp3) is 0.435. The molecule has 0 saturated carbocycles. The zero-order valence-electron chi connectivity index (χ0n) is 18.1. The van der Waals surface area contributed by atoms with E-state index >= 15 is 0 Å². The van der Waals surface area contributed by atoms with Gasteiger partial charge in [-0.25, -0.2) is 8.42 Å². The van der Waals surface area contributed by atoms with Gasteiger partial charge in [0.1, 0.15) is 5.75 Å². The summed E-state index contributed by atoms with van der Waals surface area (Å²) in [5.41, 5.74) is 2.73. The normalized spacial score (nSPS) is 15.7. The lowest BCUT2D eigenvalue weighted by Gasteiger charge is -2.30. The second-order valence-electron chi connectivity index (χ2n) is 8.04. The molecular weight excluding hydrogens is 400 g/mol. The number of aryl methyl sites for hydroxylation is 1. The van der Waals surface area contributed by atoms with E-state index in [-0.39, 0.29) is 10.8 Å². The van der Waals surface area contributed by atoms with Gasteiger partial charge in [-0.2, -0.15) is 4.31 Å². The van der Waals surface area contributed by atoms with Gasteiger partial charge in [0.25, 0.3) is 5.91 Å². The predicted octanol–water partition coefficient (Wildman–Crippen LogP) is 3.66. The number of sulfonamides is 1. The molecule has 1 aliphatic rings. The number of benzene rings is 2. The summed E-state index contributed by atoms with van der Waals surface area (Å²) in [5, 5.41) is 2.87. The van der Waals surface area contributed by atoms with Crippen LogP contribution in [0, 0.1) is 19.8 Å². The van der Waals surface area contributed by atoms with Crippen LogP contribution in [0.3, 0.4) is 0 Å². The van der Waals surface area contributed by atoms with E-state index in [1.807, 2.05) is 31.2 Å². The molecule has 7 heteroatoms. The minimum Gasteiger partial charge on any atom is -0.497 e. The molecule has 3 rings (SSSR count). The first-order valence-electron chi connectivity index (χ1n) is 10.2. The summed E-state index contributed by atoms with van der Waals surface area (Å²) in [7, 11) is -2.04. The lowest BCUT2D eigenvalue weighted by Crippen LogP contribution is -2.38. The van der Waals surface area contributed by atoms with E-state index in [1.54, 1.807) is 24.4 Å². The quantitative estimate of drug-likeness (QED) is 0.759. The number of rotatable bonds is 6. The van der Waals surface area contributed by atoms with Crippen molar-refractivity contribution in [1.82, 2.24) is 9.62 Å². The molecule has 0 unspecified atom stereocenters. The Labute approximate surface area is 179 Å². The Morgan fingerprint density at radius 1 is 1.17 bits per heavy atom. The Balaban J connectivity index is 1.82. The number of nitrogens with zero attached hydrogens (tertiary/aromatic N) is 1. The van der Waals surface area contributed by atoms with Gasteiger partial charge in [-0.1, -0.05) is 19.1 Å². The van der Waals surface area contributed by atoms with Crippen LogP contribution in [0.2, 0.25) is 0 Å². The molecule has 162 valence electrons. The van der Waals surface area contributed by atoms with Crippen molar-refractivity contribution in [3.63, 3.8) is 0 Å². The number of amides is 1. The van der Waals surface area contributed by atoms with Crippen LogP contribution in [0.4, 0.5) is 0 Å². The van der Waals surface area contributed by atoms with Crippen LogP contribution in [0.5, 0.6) is 5.75 Å². The first-order chi connectivity index (χ1) is 14.2. The summed E-state index contributed by atoms with van der Waals surface area (Å²) in [5.74, 6) is 0.954. The highest BCUT2D eigenvalue weighted by Crippen LogP contribution is 2.28. The Morgan fingerprint density at radius 3 is 2.53 bits per heavy atom. The Morgan fingerprint density at radius 2 is 1.87 bits per heavy atom. The minimum absolute atomic E-state index is 0.226. The second kappa shape index (κ2) is 9.18. The summed E-state index contributed by atoms with van der Waals surface area (Å²) < 4.78 is 33.3. The standard InChI is InChI=1S/C23H30N2O4S/c1-16-8-10-25(11-9-16)30(27,28)22-14-20(12-17(2)18(22)3)23(26)24-15-19-6-5-7-21(13-19)29-4/h5-7,12-14,16H,8-11,15H2,1-4H3,(H,24,26). The molecule has 0 radical (unpaired) electrons. The third-order valence-corrected chi connectivity index (χ3v) is 7.85. The smallest absolute Gasteiger partial charge is 0.251 e. The van der Waals surface area contributed by atoms with Gasteiger partial charge in [0.2, 0.25) is 10.0 Å². The molecule has 1 aliphatic heterocycles. The topological polar surface area (TPSA) is 75.7 Å². The number of nitrogens with one attached hydrogen (secondary N) is 1. The minimum atomic E-state index is -3.63. The summed E-state index contributed by atoms with van der Waals surface area (Å²) in [6.07, 6.45) is 1.72. The average molecular weight is 431 g/mol. The van der Waals surface area contributed by atoms with E-state index in [9.17, 15) is 13.2 Å². The van der Waals surface area contributed by atoms with Gasteiger partial charge in [-0.3, -0.25) is 4.79 Å². The molecule has 30 heavy (non-hydrogen) atoms. The molecule has 2 aromatic rings. The van der Waals surface area contributed by atoms with Gasteiger partial charge in [0.15, 0.2) is 0 Å².